The Hall–Kier alpha value is -5.15. The number of fused-ring (bicyclic) bond motifs is 1. The van der Waals surface area contributed by atoms with E-state index in [4.69, 9.17) is 0 Å². The number of rotatable bonds is 7. The number of carbonyl (C=O) groups excluding carboxylic acids is 2. The predicted octanol–water partition coefficient (Wildman–Crippen LogP) is 6.38. The molecule has 40 heavy (non-hydrogen) atoms. The molecule has 1 aliphatic rings. The number of nitrogens with zero attached hydrogens (tertiary/aromatic N) is 4. The van der Waals surface area contributed by atoms with Crippen LogP contribution in [-0.2, 0) is 6.42 Å². The van der Waals surface area contributed by atoms with Gasteiger partial charge in [-0.25, -0.2) is 0 Å². The lowest BCUT2D eigenvalue weighted by Gasteiger charge is -2.11. The predicted molar refractivity (Wildman–Crippen MR) is 151 cm³/mol. The third-order valence-electron chi connectivity index (χ3n) is 6.52. The molecule has 0 saturated carbocycles. The fourth-order valence-corrected chi connectivity index (χ4v) is 5.57. The maximum absolute atomic E-state index is 12.8. The molecule has 0 fully saturated rings. The fourth-order valence-electron chi connectivity index (χ4n) is 4.62. The fraction of sp³-hybridized carbons (Fsp3) is 0.0323. The molecule has 4 aromatic carbocycles. The van der Waals surface area contributed by atoms with Gasteiger partial charge in [0.15, 0.2) is 11.6 Å². The Balaban J connectivity index is 1.36. The summed E-state index contributed by atoms with van der Waals surface area (Å²) in [5.74, 6) is -0.0750. The second-order valence-corrected chi connectivity index (χ2v) is 10.1. The molecule has 0 atom stereocenters. The van der Waals surface area contributed by atoms with Gasteiger partial charge in [0.25, 0.3) is 5.69 Å². The summed E-state index contributed by atoms with van der Waals surface area (Å²) in [6.45, 7) is 0. The van der Waals surface area contributed by atoms with Crippen molar-refractivity contribution in [1.82, 2.24) is 14.8 Å². The lowest BCUT2D eigenvalue weighted by atomic mass is 10.1. The molecule has 0 radical (unpaired) electrons. The molecule has 1 heterocycles. The largest absolute Gasteiger partial charge is 0.288 e. The summed E-state index contributed by atoms with van der Waals surface area (Å²) in [6.07, 6.45) is 1.94. The summed E-state index contributed by atoms with van der Waals surface area (Å²) in [4.78, 5) is 37.6. The number of carbonyl (C=O) groups is 2. The normalized spacial score (nSPS) is 12.4. The van der Waals surface area contributed by atoms with E-state index in [2.05, 4.69) is 10.2 Å². The van der Waals surface area contributed by atoms with Gasteiger partial charge >= 0.3 is 0 Å². The molecule has 0 amide bonds. The van der Waals surface area contributed by atoms with Crippen molar-refractivity contribution in [3.05, 3.63) is 147 Å². The van der Waals surface area contributed by atoms with E-state index in [0.29, 0.717) is 39.0 Å². The van der Waals surface area contributed by atoms with Gasteiger partial charge in [-0.15, -0.1) is 10.2 Å². The van der Waals surface area contributed by atoms with E-state index >= 15 is 0 Å². The molecule has 194 valence electrons. The Kier molecular flexibility index (Phi) is 6.63. The minimum absolute atomic E-state index is 0.00900. The Bertz CT molecular complexity index is 1780. The number of ketones is 2. The third-order valence-corrected chi connectivity index (χ3v) is 7.53. The van der Waals surface area contributed by atoms with Gasteiger partial charge in [-0.1, -0.05) is 78.9 Å². The van der Waals surface area contributed by atoms with Gasteiger partial charge in [0.2, 0.25) is 5.16 Å². The van der Waals surface area contributed by atoms with E-state index in [1.54, 1.807) is 36.4 Å². The zero-order valence-corrected chi connectivity index (χ0v) is 21.7. The number of hydrogen-bond donors (Lipinski definition) is 0. The highest BCUT2D eigenvalue weighted by Gasteiger charge is 2.32. The first kappa shape index (κ1) is 25.1. The minimum Gasteiger partial charge on any atom is -0.288 e. The number of allylic oxidation sites excluding steroid dienone is 1. The maximum atomic E-state index is 12.8. The minimum atomic E-state index is -0.481. The monoisotopic (exact) mass is 544 g/mol. The highest BCUT2D eigenvalue weighted by molar-refractivity contribution is 7.99. The van der Waals surface area contributed by atoms with Crippen molar-refractivity contribution in [1.29, 1.82) is 0 Å². The molecule has 0 unspecified atom stereocenters. The van der Waals surface area contributed by atoms with Crippen LogP contribution in [0, 0.1) is 10.1 Å². The van der Waals surface area contributed by atoms with E-state index in [-0.39, 0.29) is 22.8 Å². The van der Waals surface area contributed by atoms with Crippen LogP contribution in [0.4, 0.5) is 5.69 Å². The van der Waals surface area contributed by atoms with E-state index in [1.807, 2.05) is 65.2 Å². The van der Waals surface area contributed by atoms with Crippen LogP contribution in [0.3, 0.4) is 0 Å². The lowest BCUT2D eigenvalue weighted by Crippen LogP contribution is -2.04. The smallest absolute Gasteiger partial charge is 0.283 e. The number of para-hydroxylation sites is 1. The summed E-state index contributed by atoms with van der Waals surface area (Å²) >= 11 is 1.13. The van der Waals surface area contributed by atoms with Crippen LogP contribution in [0.2, 0.25) is 0 Å². The van der Waals surface area contributed by atoms with E-state index < -0.39 is 4.92 Å². The molecule has 8 nitrogen and oxygen atoms in total. The van der Waals surface area contributed by atoms with Crippen LogP contribution in [0.25, 0.3) is 11.8 Å². The molecule has 1 aromatic heterocycles. The summed E-state index contributed by atoms with van der Waals surface area (Å²) in [5.41, 5.74) is 2.79. The van der Waals surface area contributed by atoms with Crippen molar-refractivity contribution in [3.63, 3.8) is 0 Å². The molecule has 6 rings (SSSR count). The first-order valence-corrected chi connectivity index (χ1v) is 13.2. The van der Waals surface area contributed by atoms with Crippen molar-refractivity contribution in [2.24, 2.45) is 0 Å². The molecule has 0 aliphatic heterocycles. The van der Waals surface area contributed by atoms with Crippen LogP contribution in [-0.4, -0.2) is 31.3 Å². The van der Waals surface area contributed by atoms with Crippen LogP contribution in [0.1, 0.15) is 37.7 Å². The zero-order chi connectivity index (χ0) is 27.6. The summed E-state index contributed by atoms with van der Waals surface area (Å²) in [7, 11) is 0. The molecule has 0 bridgehead atoms. The van der Waals surface area contributed by atoms with Crippen LogP contribution >= 0.6 is 11.8 Å². The summed E-state index contributed by atoms with van der Waals surface area (Å²) in [5, 5.41) is 21.4. The Morgan fingerprint density at radius 3 is 2.08 bits per heavy atom. The molecule has 0 N–H and O–H groups in total. The van der Waals surface area contributed by atoms with Crippen molar-refractivity contribution in [3.8, 4) is 5.69 Å². The highest BCUT2D eigenvalue weighted by atomic mass is 32.2. The second kappa shape index (κ2) is 10.5. The number of aromatic nitrogens is 3. The second-order valence-electron chi connectivity index (χ2n) is 9.08. The molecule has 5 aromatic rings. The molecule has 1 aliphatic carbocycles. The number of nitro benzene ring substituents is 1. The summed E-state index contributed by atoms with van der Waals surface area (Å²) < 4.78 is 1.89. The highest BCUT2D eigenvalue weighted by Crippen LogP contribution is 2.37. The average Bonchev–Trinajstić information content (AvgIpc) is 3.48. The number of benzene rings is 4. The topological polar surface area (TPSA) is 108 Å². The molecular weight excluding hydrogens is 524 g/mol. The van der Waals surface area contributed by atoms with Gasteiger partial charge in [-0.05, 0) is 47.2 Å². The number of hydrogen-bond acceptors (Lipinski definition) is 7. The Labute approximate surface area is 233 Å². The maximum Gasteiger partial charge on any atom is 0.283 e. The van der Waals surface area contributed by atoms with Gasteiger partial charge in [0, 0.05) is 29.3 Å². The van der Waals surface area contributed by atoms with Gasteiger partial charge in [-0.3, -0.25) is 24.3 Å². The number of Topliss-reactive ketones (excluding diaryl/α,β-unsaturated/α-hetero) is 2. The van der Waals surface area contributed by atoms with Crippen molar-refractivity contribution in [2.45, 2.75) is 16.5 Å². The summed E-state index contributed by atoms with van der Waals surface area (Å²) in [6, 6.07) is 30.7. The quantitative estimate of drug-likeness (QED) is 0.101. The van der Waals surface area contributed by atoms with E-state index in [0.717, 1.165) is 23.0 Å². The first-order chi connectivity index (χ1) is 19.5. The zero-order valence-electron chi connectivity index (χ0n) is 20.9. The van der Waals surface area contributed by atoms with Gasteiger partial charge in [0.05, 0.1) is 15.4 Å². The van der Waals surface area contributed by atoms with E-state index in [9.17, 15) is 19.7 Å². The Morgan fingerprint density at radius 2 is 1.43 bits per heavy atom. The molecule has 0 spiro atoms. The Morgan fingerprint density at radius 1 is 0.800 bits per heavy atom. The molecular formula is C31H20N4O4S. The lowest BCUT2D eigenvalue weighted by molar-refractivity contribution is -0.387. The van der Waals surface area contributed by atoms with Gasteiger partial charge < -0.3 is 0 Å². The van der Waals surface area contributed by atoms with Gasteiger partial charge in [-0.2, -0.15) is 0 Å². The molecule has 0 saturated heterocycles. The first-order valence-electron chi connectivity index (χ1n) is 12.4. The third kappa shape index (κ3) is 4.74. The van der Waals surface area contributed by atoms with Gasteiger partial charge in [0.1, 0.15) is 5.82 Å². The van der Waals surface area contributed by atoms with Crippen LogP contribution in [0.15, 0.2) is 119 Å². The van der Waals surface area contributed by atoms with Crippen molar-refractivity contribution >= 4 is 35.1 Å². The molecule has 9 heteroatoms. The van der Waals surface area contributed by atoms with Crippen LogP contribution in [0.5, 0.6) is 0 Å². The van der Waals surface area contributed by atoms with E-state index in [1.165, 1.54) is 12.1 Å². The average molecular weight is 545 g/mol. The SMILES string of the molecule is O=C1C(=Cc2ccc(Sc3nnc(Cc4ccccc4)n3-c3ccccc3)c([N+](=O)[O-])c2)C(=O)c2ccccc21. The van der Waals surface area contributed by atoms with Crippen molar-refractivity contribution in [2.75, 3.05) is 0 Å². The van der Waals surface area contributed by atoms with Crippen LogP contribution < -0.4 is 0 Å². The standard InChI is InChI=1S/C31H20N4O4S/c36-29-23-13-7-8-14-24(23)30(37)25(29)17-21-15-16-27(26(18-21)35(38)39)40-31-33-32-28(19-20-9-3-1-4-10-20)34(31)22-11-5-2-6-12-22/h1-18H,19H2. The van der Waals surface area contributed by atoms with Crippen molar-refractivity contribution < 1.29 is 14.5 Å². The number of nitro groups is 1.